The van der Waals surface area contributed by atoms with Crippen LogP contribution in [0.5, 0.6) is 0 Å². The number of nitrogens with one attached hydrogen (secondary N) is 1. The van der Waals surface area contributed by atoms with Gasteiger partial charge in [-0.1, -0.05) is 29.8 Å². The first-order valence-corrected chi connectivity index (χ1v) is 9.00. The van der Waals surface area contributed by atoms with Crippen LogP contribution in [0.15, 0.2) is 47.8 Å². The first-order chi connectivity index (χ1) is 13.0. The Morgan fingerprint density at radius 3 is 2.67 bits per heavy atom. The molecule has 0 aliphatic heterocycles. The number of carbonyl (C=O) groups is 1. The van der Waals surface area contributed by atoms with Gasteiger partial charge in [0.05, 0.1) is 16.2 Å². The molecular formula is C19H17N3O4S. The van der Waals surface area contributed by atoms with Gasteiger partial charge in [0.25, 0.3) is 5.69 Å². The third kappa shape index (κ3) is 4.29. The van der Waals surface area contributed by atoms with Gasteiger partial charge in [0, 0.05) is 24.1 Å². The lowest BCUT2D eigenvalue weighted by Gasteiger charge is -2.06. The number of benzene rings is 2. The van der Waals surface area contributed by atoms with Crippen molar-refractivity contribution in [3.05, 3.63) is 74.8 Å². The number of anilines is 1. The zero-order chi connectivity index (χ0) is 19.4. The minimum Gasteiger partial charge on any atom is -0.456 e. The van der Waals surface area contributed by atoms with Gasteiger partial charge in [-0.05, 0) is 19.1 Å². The van der Waals surface area contributed by atoms with E-state index in [9.17, 15) is 14.9 Å². The Morgan fingerprint density at radius 2 is 2.00 bits per heavy atom. The van der Waals surface area contributed by atoms with Crippen molar-refractivity contribution in [1.29, 1.82) is 0 Å². The highest BCUT2D eigenvalue weighted by Crippen LogP contribution is 2.26. The number of nitrogens with zero attached hydrogens (tertiary/aromatic N) is 2. The molecule has 138 valence electrons. The number of esters is 1. The average molecular weight is 383 g/mol. The minimum absolute atomic E-state index is 0.00275. The Hall–Kier alpha value is -3.26. The molecule has 3 aromatic rings. The van der Waals surface area contributed by atoms with Gasteiger partial charge >= 0.3 is 5.97 Å². The summed E-state index contributed by atoms with van der Waals surface area (Å²) >= 11 is 1.47. The van der Waals surface area contributed by atoms with E-state index in [2.05, 4.69) is 10.3 Å². The quantitative estimate of drug-likeness (QED) is 0.384. The van der Waals surface area contributed by atoms with Gasteiger partial charge in [-0.2, -0.15) is 0 Å². The molecule has 0 saturated carbocycles. The molecule has 0 unspecified atom stereocenters. The van der Waals surface area contributed by atoms with Crippen molar-refractivity contribution in [2.75, 3.05) is 12.4 Å². The second-order valence-electron chi connectivity index (χ2n) is 5.83. The zero-order valence-corrected chi connectivity index (χ0v) is 15.6. The van der Waals surface area contributed by atoms with E-state index in [4.69, 9.17) is 4.74 Å². The Labute approximate surface area is 159 Å². The van der Waals surface area contributed by atoms with Crippen molar-refractivity contribution in [2.45, 2.75) is 13.5 Å². The molecule has 0 atom stereocenters. The molecular weight excluding hydrogens is 366 g/mol. The molecule has 7 nitrogen and oxygen atoms in total. The van der Waals surface area contributed by atoms with Crippen LogP contribution >= 0.6 is 11.3 Å². The molecule has 3 rings (SSSR count). The Kier molecular flexibility index (Phi) is 5.46. The predicted molar refractivity (Wildman–Crippen MR) is 104 cm³/mol. The SMILES string of the molecule is CNc1ccc(C(=O)OCc2csc(-c3ccc(C)cc3)n2)cc1[N+](=O)[O-]. The van der Waals surface area contributed by atoms with Crippen LogP contribution in [0, 0.1) is 17.0 Å². The average Bonchev–Trinajstić information content (AvgIpc) is 3.15. The summed E-state index contributed by atoms with van der Waals surface area (Å²) in [5.74, 6) is -0.634. The molecule has 0 fully saturated rings. The van der Waals surface area contributed by atoms with Gasteiger partial charge in [-0.25, -0.2) is 9.78 Å². The number of ether oxygens (including phenoxy) is 1. The number of carbonyl (C=O) groups excluding carboxylic acids is 1. The number of rotatable bonds is 6. The normalized spacial score (nSPS) is 10.4. The summed E-state index contributed by atoms with van der Waals surface area (Å²) in [6.45, 7) is 2.02. The van der Waals surface area contributed by atoms with Crippen LogP contribution in [-0.2, 0) is 11.3 Å². The summed E-state index contributed by atoms with van der Waals surface area (Å²) < 4.78 is 5.25. The summed E-state index contributed by atoms with van der Waals surface area (Å²) in [5, 5.41) is 16.5. The van der Waals surface area contributed by atoms with E-state index in [1.165, 1.54) is 35.1 Å². The lowest BCUT2D eigenvalue weighted by Crippen LogP contribution is -2.07. The molecule has 1 heterocycles. The fourth-order valence-electron chi connectivity index (χ4n) is 2.45. The molecule has 0 bridgehead atoms. The highest BCUT2D eigenvalue weighted by Gasteiger charge is 2.18. The van der Waals surface area contributed by atoms with Crippen LogP contribution in [0.2, 0.25) is 0 Å². The van der Waals surface area contributed by atoms with Crippen LogP contribution in [0.4, 0.5) is 11.4 Å². The summed E-state index contributed by atoms with van der Waals surface area (Å²) in [6.07, 6.45) is 0. The maximum atomic E-state index is 12.2. The molecule has 8 heteroatoms. The number of thiazole rings is 1. The monoisotopic (exact) mass is 383 g/mol. The smallest absolute Gasteiger partial charge is 0.338 e. The van der Waals surface area contributed by atoms with Crippen molar-refractivity contribution in [3.8, 4) is 10.6 Å². The molecule has 0 aliphatic carbocycles. The van der Waals surface area contributed by atoms with Crippen LogP contribution in [0.1, 0.15) is 21.6 Å². The highest BCUT2D eigenvalue weighted by atomic mass is 32.1. The number of hydrogen-bond acceptors (Lipinski definition) is 7. The molecule has 2 aromatic carbocycles. The van der Waals surface area contributed by atoms with Gasteiger partial charge in [0.15, 0.2) is 0 Å². The molecule has 1 aromatic heterocycles. The van der Waals surface area contributed by atoms with Gasteiger partial charge < -0.3 is 10.1 Å². The minimum atomic E-state index is -0.634. The number of hydrogen-bond donors (Lipinski definition) is 1. The Balaban J connectivity index is 1.68. The molecule has 0 radical (unpaired) electrons. The van der Waals surface area contributed by atoms with E-state index in [0.717, 1.165) is 10.6 Å². The number of aryl methyl sites for hydroxylation is 1. The Morgan fingerprint density at radius 1 is 1.26 bits per heavy atom. The number of nitro groups is 1. The fraction of sp³-hybridized carbons (Fsp3) is 0.158. The van der Waals surface area contributed by atoms with Crippen molar-refractivity contribution >= 4 is 28.7 Å². The molecule has 27 heavy (non-hydrogen) atoms. The summed E-state index contributed by atoms with van der Waals surface area (Å²) in [6, 6.07) is 12.2. The van der Waals surface area contributed by atoms with Crippen LogP contribution in [0.25, 0.3) is 10.6 Å². The lowest BCUT2D eigenvalue weighted by molar-refractivity contribution is -0.384. The largest absolute Gasteiger partial charge is 0.456 e. The maximum absolute atomic E-state index is 12.2. The molecule has 0 saturated heterocycles. The van der Waals surface area contributed by atoms with Gasteiger partial charge in [0.1, 0.15) is 17.3 Å². The van der Waals surface area contributed by atoms with E-state index in [1.54, 1.807) is 7.05 Å². The highest BCUT2D eigenvalue weighted by molar-refractivity contribution is 7.13. The number of nitro benzene ring substituents is 1. The lowest BCUT2D eigenvalue weighted by atomic mass is 10.1. The second kappa shape index (κ2) is 7.96. The fourth-order valence-corrected chi connectivity index (χ4v) is 3.26. The standard InChI is InChI=1S/C19H17N3O4S/c1-12-3-5-13(6-4-12)18-21-15(11-27-18)10-26-19(23)14-7-8-16(20-2)17(9-14)22(24)25/h3-9,11,20H,10H2,1-2H3. The Bertz CT molecular complexity index is 983. The predicted octanol–water partition coefficient (Wildman–Crippen LogP) is 4.43. The summed E-state index contributed by atoms with van der Waals surface area (Å²) in [5.41, 5.74) is 3.07. The van der Waals surface area contributed by atoms with Crippen LogP contribution < -0.4 is 5.32 Å². The topological polar surface area (TPSA) is 94.4 Å². The van der Waals surface area contributed by atoms with Crippen molar-refractivity contribution in [1.82, 2.24) is 4.98 Å². The molecule has 0 aliphatic rings. The van der Waals surface area contributed by atoms with E-state index < -0.39 is 10.9 Å². The maximum Gasteiger partial charge on any atom is 0.338 e. The summed E-state index contributed by atoms with van der Waals surface area (Å²) in [4.78, 5) is 27.2. The van der Waals surface area contributed by atoms with Crippen LogP contribution in [-0.4, -0.2) is 22.9 Å². The molecule has 0 spiro atoms. The first kappa shape index (κ1) is 18.5. The van der Waals surface area contributed by atoms with E-state index in [-0.39, 0.29) is 17.9 Å². The molecule has 0 amide bonds. The number of aromatic nitrogens is 1. The van der Waals surface area contributed by atoms with E-state index in [1.807, 2.05) is 36.6 Å². The van der Waals surface area contributed by atoms with Gasteiger partial charge in [-0.15, -0.1) is 11.3 Å². The van der Waals surface area contributed by atoms with Crippen molar-refractivity contribution in [3.63, 3.8) is 0 Å². The second-order valence-corrected chi connectivity index (χ2v) is 6.68. The zero-order valence-electron chi connectivity index (χ0n) is 14.8. The van der Waals surface area contributed by atoms with E-state index in [0.29, 0.717) is 11.4 Å². The molecule has 1 N–H and O–H groups in total. The van der Waals surface area contributed by atoms with Crippen LogP contribution in [0.3, 0.4) is 0 Å². The first-order valence-electron chi connectivity index (χ1n) is 8.12. The van der Waals surface area contributed by atoms with Crippen molar-refractivity contribution < 1.29 is 14.5 Å². The third-order valence-corrected chi connectivity index (χ3v) is 4.84. The van der Waals surface area contributed by atoms with Gasteiger partial charge in [0.2, 0.25) is 0 Å². The van der Waals surface area contributed by atoms with Crippen molar-refractivity contribution in [2.24, 2.45) is 0 Å². The third-order valence-electron chi connectivity index (χ3n) is 3.90. The van der Waals surface area contributed by atoms with Gasteiger partial charge in [-0.3, -0.25) is 10.1 Å². The summed E-state index contributed by atoms with van der Waals surface area (Å²) in [7, 11) is 1.58. The van der Waals surface area contributed by atoms with E-state index >= 15 is 0 Å².